The summed E-state index contributed by atoms with van der Waals surface area (Å²) in [6.45, 7) is 2.63. The quantitative estimate of drug-likeness (QED) is 0.719. The molecule has 0 aromatic heterocycles. The Balaban J connectivity index is 1.88. The molecule has 1 aliphatic heterocycles. The number of likely N-dealkylation sites (tertiary alicyclic amines) is 1. The van der Waals surface area contributed by atoms with E-state index in [2.05, 4.69) is 4.90 Å². The summed E-state index contributed by atoms with van der Waals surface area (Å²) in [5, 5.41) is 0. The number of piperidine rings is 1. The second-order valence-electron chi connectivity index (χ2n) is 5.16. The minimum atomic E-state index is 0.260. The molecule has 16 heavy (non-hydrogen) atoms. The van der Waals surface area contributed by atoms with E-state index in [4.69, 9.17) is 0 Å². The molecule has 0 atom stereocenters. The van der Waals surface area contributed by atoms with Crippen LogP contribution >= 0.6 is 0 Å². The van der Waals surface area contributed by atoms with Crippen molar-refractivity contribution in [2.45, 2.75) is 57.9 Å². The molecule has 2 aliphatic rings. The van der Waals surface area contributed by atoms with Crippen molar-refractivity contribution < 1.29 is 9.59 Å². The van der Waals surface area contributed by atoms with Crippen LogP contribution in [0.5, 0.6) is 0 Å². The van der Waals surface area contributed by atoms with E-state index in [0.29, 0.717) is 17.7 Å². The first kappa shape index (κ1) is 11.6. The lowest BCUT2D eigenvalue weighted by molar-refractivity contribution is -0.136. The highest BCUT2D eigenvalue weighted by molar-refractivity contribution is 5.79. The van der Waals surface area contributed by atoms with E-state index < -0.39 is 0 Å². The Bertz CT molecular complexity index is 280. The maximum Gasteiger partial charge on any atom is 0.222 e. The van der Waals surface area contributed by atoms with Crippen LogP contribution in [0.25, 0.3) is 0 Å². The third-order valence-corrected chi connectivity index (χ3v) is 4.07. The molecule has 0 unspecified atom stereocenters. The van der Waals surface area contributed by atoms with Gasteiger partial charge in [0.05, 0.1) is 0 Å². The number of ketones is 1. The molecule has 0 aromatic rings. The molecular weight excluding hydrogens is 202 g/mol. The number of amides is 1. The van der Waals surface area contributed by atoms with Crippen LogP contribution in [0, 0.1) is 5.92 Å². The molecule has 1 aliphatic carbocycles. The molecule has 1 amide bonds. The van der Waals surface area contributed by atoms with Crippen molar-refractivity contribution in [3.05, 3.63) is 0 Å². The second-order valence-corrected chi connectivity index (χ2v) is 5.16. The monoisotopic (exact) mass is 223 g/mol. The van der Waals surface area contributed by atoms with Gasteiger partial charge < -0.3 is 4.90 Å². The number of hydrogen-bond donors (Lipinski definition) is 0. The maximum atomic E-state index is 11.8. The first-order chi connectivity index (χ1) is 7.68. The summed E-state index contributed by atoms with van der Waals surface area (Å²) in [6, 6.07) is 0.420. The van der Waals surface area contributed by atoms with Crippen molar-refractivity contribution in [3.8, 4) is 0 Å². The second kappa shape index (κ2) is 4.98. The van der Waals surface area contributed by atoms with Crippen molar-refractivity contribution >= 4 is 11.7 Å². The predicted molar refractivity (Wildman–Crippen MR) is 62.0 cm³/mol. The van der Waals surface area contributed by atoms with Gasteiger partial charge in [0.1, 0.15) is 5.78 Å². The van der Waals surface area contributed by atoms with E-state index in [1.54, 1.807) is 6.92 Å². The maximum absolute atomic E-state index is 11.8. The van der Waals surface area contributed by atoms with Crippen molar-refractivity contribution in [3.63, 3.8) is 0 Å². The normalized spacial score (nSPS) is 31.6. The average Bonchev–Trinajstić information content (AvgIpc) is 2.30. The van der Waals surface area contributed by atoms with Gasteiger partial charge in [-0.2, -0.15) is 0 Å². The van der Waals surface area contributed by atoms with Gasteiger partial charge in [0.15, 0.2) is 0 Å². The summed E-state index contributed by atoms with van der Waals surface area (Å²) >= 11 is 0. The topological polar surface area (TPSA) is 37.4 Å². The van der Waals surface area contributed by atoms with Crippen molar-refractivity contribution in [1.82, 2.24) is 4.90 Å². The number of nitrogens with zero attached hydrogens (tertiary/aromatic N) is 1. The predicted octanol–water partition coefficient (Wildman–Crippen LogP) is 2.15. The van der Waals surface area contributed by atoms with Gasteiger partial charge in [0, 0.05) is 24.9 Å². The molecule has 2 fully saturated rings. The van der Waals surface area contributed by atoms with Gasteiger partial charge in [0.25, 0.3) is 0 Å². The van der Waals surface area contributed by atoms with E-state index in [9.17, 15) is 9.59 Å². The SMILES string of the molecule is CC(=O)C1CCC(N2CCCCC2=O)CC1. The lowest BCUT2D eigenvalue weighted by atomic mass is 9.83. The van der Waals surface area contributed by atoms with Crippen LogP contribution in [0.15, 0.2) is 0 Å². The lowest BCUT2D eigenvalue weighted by Gasteiger charge is -2.38. The van der Waals surface area contributed by atoms with Gasteiger partial charge in [-0.15, -0.1) is 0 Å². The summed E-state index contributed by atoms with van der Waals surface area (Å²) in [7, 11) is 0. The minimum absolute atomic E-state index is 0.260. The molecule has 1 saturated heterocycles. The molecule has 1 saturated carbocycles. The Morgan fingerprint density at radius 1 is 1.19 bits per heavy atom. The van der Waals surface area contributed by atoms with E-state index in [1.807, 2.05) is 0 Å². The standard InChI is InChI=1S/C13H21NO2/c1-10(15)11-5-7-12(8-6-11)14-9-3-2-4-13(14)16/h11-12H,2-9H2,1H3. The number of carbonyl (C=O) groups is 2. The fraction of sp³-hybridized carbons (Fsp3) is 0.846. The summed E-state index contributed by atoms with van der Waals surface area (Å²) in [5.41, 5.74) is 0. The zero-order valence-electron chi connectivity index (χ0n) is 10.1. The molecule has 0 radical (unpaired) electrons. The first-order valence-corrected chi connectivity index (χ1v) is 6.48. The Kier molecular flexibility index (Phi) is 3.62. The number of rotatable bonds is 2. The van der Waals surface area contributed by atoms with Gasteiger partial charge in [0.2, 0.25) is 5.91 Å². The van der Waals surface area contributed by atoms with Gasteiger partial charge in [-0.25, -0.2) is 0 Å². The Morgan fingerprint density at radius 3 is 2.44 bits per heavy atom. The molecular formula is C13H21NO2. The fourth-order valence-corrected chi connectivity index (χ4v) is 3.01. The van der Waals surface area contributed by atoms with Crippen LogP contribution in [0.3, 0.4) is 0 Å². The smallest absolute Gasteiger partial charge is 0.222 e. The van der Waals surface area contributed by atoms with Gasteiger partial charge >= 0.3 is 0 Å². The van der Waals surface area contributed by atoms with Crippen LogP contribution in [0.2, 0.25) is 0 Å². The molecule has 0 aromatic carbocycles. The molecule has 3 heteroatoms. The van der Waals surface area contributed by atoms with Crippen molar-refractivity contribution in [2.75, 3.05) is 6.54 Å². The number of hydrogen-bond acceptors (Lipinski definition) is 2. The first-order valence-electron chi connectivity index (χ1n) is 6.48. The lowest BCUT2D eigenvalue weighted by Crippen LogP contribution is -2.45. The van der Waals surface area contributed by atoms with Crippen LogP contribution in [0.1, 0.15) is 51.9 Å². The largest absolute Gasteiger partial charge is 0.340 e. The van der Waals surface area contributed by atoms with Crippen molar-refractivity contribution in [2.24, 2.45) is 5.92 Å². The van der Waals surface area contributed by atoms with Crippen LogP contribution in [0.4, 0.5) is 0 Å². The fourth-order valence-electron chi connectivity index (χ4n) is 3.01. The summed E-state index contributed by atoms with van der Waals surface area (Å²) in [6.07, 6.45) is 6.93. The van der Waals surface area contributed by atoms with Crippen LogP contribution in [-0.2, 0) is 9.59 Å². The third-order valence-electron chi connectivity index (χ3n) is 4.07. The molecule has 90 valence electrons. The summed E-state index contributed by atoms with van der Waals surface area (Å²) in [5.74, 6) is 0.914. The Morgan fingerprint density at radius 2 is 1.88 bits per heavy atom. The van der Waals surface area contributed by atoms with Gasteiger partial charge in [-0.1, -0.05) is 0 Å². The average molecular weight is 223 g/mol. The highest BCUT2D eigenvalue weighted by Crippen LogP contribution is 2.29. The number of carbonyl (C=O) groups excluding carboxylic acids is 2. The summed E-state index contributed by atoms with van der Waals surface area (Å²) in [4.78, 5) is 25.1. The van der Waals surface area contributed by atoms with Gasteiger partial charge in [-0.05, 0) is 45.4 Å². The molecule has 3 nitrogen and oxygen atoms in total. The molecule has 0 N–H and O–H groups in total. The molecule has 1 heterocycles. The van der Waals surface area contributed by atoms with E-state index in [-0.39, 0.29) is 5.92 Å². The highest BCUT2D eigenvalue weighted by Gasteiger charge is 2.31. The van der Waals surface area contributed by atoms with E-state index >= 15 is 0 Å². The number of Topliss-reactive ketones (excluding diaryl/α,β-unsaturated/α-hetero) is 1. The van der Waals surface area contributed by atoms with E-state index in [1.165, 1.54) is 0 Å². The third kappa shape index (κ3) is 2.45. The van der Waals surface area contributed by atoms with Crippen LogP contribution < -0.4 is 0 Å². The minimum Gasteiger partial charge on any atom is -0.340 e. The molecule has 0 bridgehead atoms. The van der Waals surface area contributed by atoms with E-state index in [0.717, 1.165) is 51.5 Å². The Hall–Kier alpha value is -0.860. The summed E-state index contributed by atoms with van der Waals surface area (Å²) < 4.78 is 0. The zero-order valence-corrected chi connectivity index (χ0v) is 10.1. The van der Waals surface area contributed by atoms with Gasteiger partial charge in [-0.3, -0.25) is 9.59 Å². The molecule has 0 spiro atoms. The highest BCUT2D eigenvalue weighted by atomic mass is 16.2. The Labute approximate surface area is 97.2 Å². The van der Waals surface area contributed by atoms with Crippen LogP contribution in [-0.4, -0.2) is 29.2 Å². The zero-order chi connectivity index (χ0) is 11.5. The molecule has 2 rings (SSSR count). The van der Waals surface area contributed by atoms with Crippen molar-refractivity contribution in [1.29, 1.82) is 0 Å².